The highest BCUT2D eigenvalue weighted by atomic mass is 32.2. The monoisotopic (exact) mass is 233 g/mol. The predicted octanol–water partition coefficient (Wildman–Crippen LogP) is 1.59. The molecule has 90 valence electrons. The van der Waals surface area contributed by atoms with Gasteiger partial charge in [0.05, 0.1) is 6.54 Å². The molecular weight excluding hydrogens is 210 g/mol. The number of hydrogen-bond acceptors (Lipinski definition) is 4. The lowest BCUT2D eigenvalue weighted by Gasteiger charge is -2.20. The maximum absolute atomic E-state index is 8.49. The summed E-state index contributed by atoms with van der Waals surface area (Å²) >= 11 is 1.96. The maximum atomic E-state index is 8.49. The van der Waals surface area contributed by atoms with Gasteiger partial charge < -0.3 is 10.9 Å². The Morgan fingerprint density at radius 3 is 2.67 bits per heavy atom. The number of hydrogen-bond donors (Lipinski definition) is 2. The first-order valence-electron chi connectivity index (χ1n) is 5.51. The minimum Gasteiger partial charge on any atom is -0.409 e. The molecule has 0 aromatic rings. The fraction of sp³-hybridized carbons (Fsp3) is 0.900. The number of nitrogens with zero attached hydrogens (tertiary/aromatic N) is 2. The Hall–Kier alpha value is -0.420. The van der Waals surface area contributed by atoms with Gasteiger partial charge in [0.25, 0.3) is 0 Å². The first kappa shape index (κ1) is 14.6. The lowest BCUT2D eigenvalue weighted by molar-refractivity contribution is 0.292. The fourth-order valence-electron chi connectivity index (χ4n) is 1.38. The van der Waals surface area contributed by atoms with E-state index < -0.39 is 0 Å². The van der Waals surface area contributed by atoms with Crippen LogP contribution in [0.2, 0.25) is 0 Å². The molecule has 0 bridgehead atoms. The third-order valence-electron chi connectivity index (χ3n) is 2.02. The van der Waals surface area contributed by atoms with E-state index in [0.29, 0.717) is 12.4 Å². The quantitative estimate of drug-likeness (QED) is 0.209. The van der Waals surface area contributed by atoms with Crippen LogP contribution in [0.4, 0.5) is 0 Å². The van der Waals surface area contributed by atoms with Crippen molar-refractivity contribution in [3.05, 3.63) is 0 Å². The average Bonchev–Trinajstić information content (AvgIpc) is 2.24. The SMILES string of the molecule is CCCN(CCCSCC)CC(N)=NO. The Morgan fingerprint density at radius 2 is 2.13 bits per heavy atom. The molecule has 15 heavy (non-hydrogen) atoms. The minimum absolute atomic E-state index is 0.298. The highest BCUT2D eigenvalue weighted by Crippen LogP contribution is 2.02. The summed E-state index contributed by atoms with van der Waals surface area (Å²) in [5, 5.41) is 11.5. The van der Waals surface area contributed by atoms with Crippen LogP contribution < -0.4 is 5.73 Å². The summed E-state index contributed by atoms with van der Waals surface area (Å²) in [6.45, 7) is 6.91. The zero-order valence-electron chi connectivity index (χ0n) is 9.78. The average molecular weight is 233 g/mol. The van der Waals surface area contributed by atoms with Crippen LogP contribution in [0.5, 0.6) is 0 Å². The zero-order chi connectivity index (χ0) is 11.5. The molecule has 5 heteroatoms. The molecule has 0 unspecified atom stereocenters. The van der Waals surface area contributed by atoms with Crippen LogP contribution in [0, 0.1) is 0 Å². The summed E-state index contributed by atoms with van der Waals surface area (Å²) in [7, 11) is 0. The van der Waals surface area contributed by atoms with Gasteiger partial charge in [0.1, 0.15) is 0 Å². The fourth-order valence-corrected chi connectivity index (χ4v) is 2.00. The van der Waals surface area contributed by atoms with Gasteiger partial charge in [-0.15, -0.1) is 0 Å². The number of oxime groups is 1. The van der Waals surface area contributed by atoms with Crippen molar-refractivity contribution in [2.45, 2.75) is 26.7 Å². The van der Waals surface area contributed by atoms with Crippen LogP contribution in [-0.2, 0) is 0 Å². The molecule has 0 radical (unpaired) electrons. The molecule has 0 aliphatic heterocycles. The highest BCUT2D eigenvalue weighted by Gasteiger charge is 2.05. The first-order valence-corrected chi connectivity index (χ1v) is 6.66. The molecule has 0 heterocycles. The number of amidine groups is 1. The topological polar surface area (TPSA) is 61.8 Å². The van der Waals surface area contributed by atoms with Crippen molar-refractivity contribution in [3.63, 3.8) is 0 Å². The molecule has 0 spiro atoms. The van der Waals surface area contributed by atoms with Gasteiger partial charge in [-0.2, -0.15) is 11.8 Å². The summed E-state index contributed by atoms with van der Waals surface area (Å²) in [6.07, 6.45) is 2.26. The van der Waals surface area contributed by atoms with Crippen molar-refractivity contribution in [2.24, 2.45) is 10.9 Å². The minimum atomic E-state index is 0.298. The maximum Gasteiger partial charge on any atom is 0.153 e. The molecule has 0 saturated carbocycles. The van der Waals surface area contributed by atoms with Crippen LogP contribution >= 0.6 is 11.8 Å². The second-order valence-electron chi connectivity index (χ2n) is 3.42. The molecule has 0 fully saturated rings. The standard InChI is InChI=1S/C10H23N3OS/c1-3-6-13(9-10(11)12-14)7-5-8-15-4-2/h14H,3-9H2,1-2H3,(H2,11,12). The van der Waals surface area contributed by atoms with Gasteiger partial charge in [-0.1, -0.05) is 19.0 Å². The molecule has 4 nitrogen and oxygen atoms in total. The van der Waals surface area contributed by atoms with Gasteiger partial charge in [0.2, 0.25) is 0 Å². The van der Waals surface area contributed by atoms with Crippen molar-refractivity contribution in [3.8, 4) is 0 Å². The Balaban J connectivity index is 3.72. The van der Waals surface area contributed by atoms with E-state index in [1.54, 1.807) is 0 Å². The predicted molar refractivity (Wildman–Crippen MR) is 67.8 cm³/mol. The lowest BCUT2D eigenvalue weighted by atomic mass is 10.3. The first-order chi connectivity index (χ1) is 7.24. The summed E-state index contributed by atoms with van der Waals surface area (Å²) < 4.78 is 0. The molecule has 3 N–H and O–H groups in total. The van der Waals surface area contributed by atoms with Crippen molar-refractivity contribution in [1.82, 2.24) is 4.90 Å². The van der Waals surface area contributed by atoms with E-state index in [1.165, 1.54) is 11.5 Å². The van der Waals surface area contributed by atoms with Gasteiger partial charge in [0, 0.05) is 0 Å². The molecule has 0 amide bonds. The molecular formula is C10H23N3OS. The summed E-state index contributed by atoms with van der Waals surface area (Å²) in [5.74, 6) is 2.66. The number of thioether (sulfide) groups is 1. The summed E-state index contributed by atoms with van der Waals surface area (Å²) in [4.78, 5) is 2.23. The summed E-state index contributed by atoms with van der Waals surface area (Å²) in [5.41, 5.74) is 5.49. The van der Waals surface area contributed by atoms with Gasteiger partial charge in [-0.25, -0.2) is 0 Å². The van der Waals surface area contributed by atoms with E-state index in [-0.39, 0.29) is 0 Å². The van der Waals surface area contributed by atoms with E-state index in [1.807, 2.05) is 11.8 Å². The second-order valence-corrected chi connectivity index (χ2v) is 4.81. The van der Waals surface area contributed by atoms with Gasteiger partial charge >= 0.3 is 0 Å². The Kier molecular flexibility index (Phi) is 9.83. The molecule has 0 aromatic carbocycles. The third-order valence-corrected chi connectivity index (χ3v) is 3.01. The van der Waals surface area contributed by atoms with E-state index in [2.05, 4.69) is 23.9 Å². The third kappa shape index (κ3) is 8.57. The van der Waals surface area contributed by atoms with Crippen LogP contribution in [0.25, 0.3) is 0 Å². The van der Waals surface area contributed by atoms with E-state index in [0.717, 1.165) is 25.9 Å². The smallest absolute Gasteiger partial charge is 0.153 e. The highest BCUT2D eigenvalue weighted by molar-refractivity contribution is 7.99. The van der Waals surface area contributed by atoms with Gasteiger partial charge in [-0.05, 0) is 37.4 Å². The molecule has 0 atom stereocenters. The lowest BCUT2D eigenvalue weighted by Crippen LogP contribution is -2.35. The van der Waals surface area contributed by atoms with Crippen LogP contribution in [0.1, 0.15) is 26.7 Å². The van der Waals surface area contributed by atoms with Crippen LogP contribution in [0.15, 0.2) is 5.16 Å². The van der Waals surface area contributed by atoms with Gasteiger partial charge in [-0.3, -0.25) is 4.90 Å². The molecule has 0 rings (SSSR count). The summed E-state index contributed by atoms with van der Waals surface area (Å²) in [6, 6.07) is 0. The van der Waals surface area contributed by atoms with Crippen molar-refractivity contribution in [1.29, 1.82) is 0 Å². The molecule has 0 aliphatic rings. The molecule has 0 aliphatic carbocycles. The van der Waals surface area contributed by atoms with Crippen molar-refractivity contribution >= 4 is 17.6 Å². The normalized spacial score (nSPS) is 12.3. The van der Waals surface area contributed by atoms with E-state index in [9.17, 15) is 0 Å². The van der Waals surface area contributed by atoms with E-state index >= 15 is 0 Å². The van der Waals surface area contributed by atoms with Crippen molar-refractivity contribution < 1.29 is 5.21 Å². The molecule has 0 saturated heterocycles. The van der Waals surface area contributed by atoms with Crippen LogP contribution in [-0.4, -0.2) is 47.1 Å². The Bertz CT molecular complexity index is 176. The zero-order valence-corrected chi connectivity index (χ0v) is 10.6. The van der Waals surface area contributed by atoms with Crippen molar-refractivity contribution in [2.75, 3.05) is 31.1 Å². The van der Waals surface area contributed by atoms with Crippen LogP contribution in [0.3, 0.4) is 0 Å². The van der Waals surface area contributed by atoms with E-state index in [4.69, 9.17) is 10.9 Å². The molecule has 0 aromatic heterocycles. The Morgan fingerprint density at radius 1 is 1.40 bits per heavy atom. The Labute approximate surface area is 96.9 Å². The van der Waals surface area contributed by atoms with Gasteiger partial charge in [0.15, 0.2) is 5.84 Å². The largest absolute Gasteiger partial charge is 0.409 e. The second kappa shape index (κ2) is 10.1. The number of rotatable bonds is 9. The number of nitrogens with two attached hydrogens (primary N) is 1.